The lowest BCUT2D eigenvalue weighted by atomic mass is 10.1. The Morgan fingerprint density at radius 3 is 2.88 bits per heavy atom. The third kappa shape index (κ3) is 1.59. The van der Waals surface area contributed by atoms with Gasteiger partial charge in [-0.1, -0.05) is 12.1 Å². The Morgan fingerprint density at radius 1 is 1.35 bits per heavy atom. The molecule has 3 aromatic rings. The van der Waals surface area contributed by atoms with Crippen LogP contribution in [0.4, 0.5) is 5.82 Å². The van der Waals surface area contributed by atoms with Gasteiger partial charge in [-0.05, 0) is 13.0 Å². The standard InChI is InChI=1S/C12H12N4S/c1-7-14-12-8(4-3-5-10(12)17-7)9-6-11(13)16(2)15-9/h3-6H,13H2,1-2H3. The second-order valence-corrected chi connectivity index (χ2v) is 5.20. The lowest BCUT2D eigenvalue weighted by Crippen LogP contribution is -1.96. The van der Waals surface area contributed by atoms with Crippen molar-refractivity contribution in [2.45, 2.75) is 6.92 Å². The summed E-state index contributed by atoms with van der Waals surface area (Å²) in [6, 6.07) is 8.02. The summed E-state index contributed by atoms with van der Waals surface area (Å²) >= 11 is 1.70. The van der Waals surface area contributed by atoms with Crippen LogP contribution in [-0.4, -0.2) is 14.8 Å². The van der Waals surface area contributed by atoms with Crippen molar-refractivity contribution in [3.63, 3.8) is 0 Å². The number of nitrogen functional groups attached to an aromatic ring is 1. The largest absolute Gasteiger partial charge is 0.384 e. The minimum atomic E-state index is 0.656. The number of thiazole rings is 1. The van der Waals surface area contributed by atoms with Gasteiger partial charge in [0.1, 0.15) is 5.82 Å². The summed E-state index contributed by atoms with van der Waals surface area (Å²) in [4.78, 5) is 4.56. The number of nitrogens with zero attached hydrogens (tertiary/aromatic N) is 3. The molecule has 2 heterocycles. The van der Waals surface area contributed by atoms with E-state index in [9.17, 15) is 0 Å². The molecule has 0 spiro atoms. The zero-order chi connectivity index (χ0) is 12.0. The van der Waals surface area contributed by atoms with Crippen molar-refractivity contribution in [2.24, 2.45) is 7.05 Å². The maximum atomic E-state index is 5.81. The van der Waals surface area contributed by atoms with Crippen molar-refractivity contribution in [1.29, 1.82) is 0 Å². The summed E-state index contributed by atoms with van der Waals surface area (Å²) in [7, 11) is 1.84. The molecule has 0 unspecified atom stereocenters. The van der Waals surface area contributed by atoms with Crippen molar-refractivity contribution in [3.05, 3.63) is 29.3 Å². The highest BCUT2D eigenvalue weighted by atomic mass is 32.1. The predicted octanol–water partition coefficient (Wildman–Crippen LogP) is 2.59. The second-order valence-electron chi connectivity index (χ2n) is 3.96. The number of nitrogens with two attached hydrogens (primary N) is 1. The van der Waals surface area contributed by atoms with Crippen molar-refractivity contribution < 1.29 is 0 Å². The summed E-state index contributed by atoms with van der Waals surface area (Å²) in [5.74, 6) is 0.656. The number of rotatable bonds is 1. The van der Waals surface area contributed by atoms with Crippen LogP contribution in [0.15, 0.2) is 24.3 Å². The van der Waals surface area contributed by atoms with Crippen LogP contribution in [0.1, 0.15) is 5.01 Å². The van der Waals surface area contributed by atoms with Crippen LogP contribution < -0.4 is 5.73 Å². The molecule has 2 N–H and O–H groups in total. The molecule has 0 aliphatic heterocycles. The monoisotopic (exact) mass is 244 g/mol. The summed E-state index contributed by atoms with van der Waals surface area (Å²) in [6.45, 7) is 2.02. The van der Waals surface area contributed by atoms with E-state index in [1.54, 1.807) is 16.0 Å². The van der Waals surface area contributed by atoms with E-state index in [1.807, 2.05) is 32.2 Å². The first-order valence-electron chi connectivity index (χ1n) is 5.31. The van der Waals surface area contributed by atoms with Crippen LogP contribution in [0, 0.1) is 6.92 Å². The molecule has 0 bridgehead atoms. The molecule has 86 valence electrons. The van der Waals surface area contributed by atoms with E-state index >= 15 is 0 Å². The Balaban J connectivity index is 2.29. The number of hydrogen-bond acceptors (Lipinski definition) is 4. The summed E-state index contributed by atoms with van der Waals surface area (Å²) in [5.41, 5.74) is 8.73. The number of hydrogen-bond donors (Lipinski definition) is 1. The maximum absolute atomic E-state index is 5.81. The Kier molecular flexibility index (Phi) is 2.16. The van der Waals surface area contributed by atoms with Crippen LogP contribution in [0.3, 0.4) is 0 Å². The average molecular weight is 244 g/mol. The molecule has 0 aliphatic rings. The Labute approximate surface area is 103 Å². The number of fused-ring (bicyclic) bond motifs is 1. The molecule has 0 aliphatic carbocycles. The van der Waals surface area contributed by atoms with Gasteiger partial charge in [0.15, 0.2) is 0 Å². The Bertz CT molecular complexity index is 676. The highest BCUT2D eigenvalue weighted by Crippen LogP contribution is 2.31. The quantitative estimate of drug-likeness (QED) is 0.715. The van der Waals surface area contributed by atoms with Gasteiger partial charge < -0.3 is 5.73 Å². The predicted molar refractivity (Wildman–Crippen MR) is 71.0 cm³/mol. The molecule has 0 atom stereocenters. The van der Waals surface area contributed by atoms with E-state index in [1.165, 1.54) is 4.70 Å². The Hall–Kier alpha value is -1.88. The van der Waals surface area contributed by atoms with Gasteiger partial charge >= 0.3 is 0 Å². The van der Waals surface area contributed by atoms with Gasteiger partial charge in [-0.3, -0.25) is 4.68 Å². The van der Waals surface area contributed by atoms with E-state index in [0.29, 0.717) is 5.82 Å². The van der Waals surface area contributed by atoms with Crippen LogP contribution >= 0.6 is 11.3 Å². The second kappa shape index (κ2) is 3.56. The minimum Gasteiger partial charge on any atom is -0.384 e. The molecule has 17 heavy (non-hydrogen) atoms. The highest BCUT2D eigenvalue weighted by molar-refractivity contribution is 7.18. The number of anilines is 1. The van der Waals surface area contributed by atoms with Crippen LogP contribution in [-0.2, 0) is 7.05 Å². The lowest BCUT2D eigenvalue weighted by Gasteiger charge is -1.97. The van der Waals surface area contributed by atoms with Crippen molar-refractivity contribution in [2.75, 3.05) is 5.73 Å². The first kappa shape index (κ1) is 10.3. The van der Waals surface area contributed by atoms with Gasteiger partial charge in [-0.25, -0.2) is 4.98 Å². The van der Waals surface area contributed by atoms with E-state index in [2.05, 4.69) is 16.1 Å². The molecule has 5 heteroatoms. The topological polar surface area (TPSA) is 56.7 Å². The third-order valence-electron chi connectivity index (χ3n) is 2.72. The van der Waals surface area contributed by atoms with E-state index < -0.39 is 0 Å². The molecular weight excluding hydrogens is 232 g/mol. The smallest absolute Gasteiger partial charge is 0.121 e. The molecular formula is C12H12N4S. The zero-order valence-corrected chi connectivity index (χ0v) is 10.5. The van der Waals surface area contributed by atoms with Crippen molar-refractivity contribution in [3.8, 4) is 11.3 Å². The fourth-order valence-corrected chi connectivity index (χ4v) is 2.73. The summed E-state index contributed by atoms with van der Waals surface area (Å²) in [6.07, 6.45) is 0. The lowest BCUT2D eigenvalue weighted by molar-refractivity contribution is 0.782. The summed E-state index contributed by atoms with van der Waals surface area (Å²) < 4.78 is 2.86. The first-order valence-corrected chi connectivity index (χ1v) is 6.13. The van der Waals surface area contributed by atoms with Crippen LogP contribution in [0.5, 0.6) is 0 Å². The molecule has 0 radical (unpaired) electrons. The number of benzene rings is 1. The molecule has 0 saturated carbocycles. The fourth-order valence-electron chi connectivity index (χ4n) is 1.88. The third-order valence-corrected chi connectivity index (χ3v) is 3.65. The van der Waals surface area contributed by atoms with Gasteiger partial charge in [0.2, 0.25) is 0 Å². The molecule has 3 rings (SSSR count). The molecule has 0 fully saturated rings. The van der Waals surface area contributed by atoms with Crippen LogP contribution in [0.2, 0.25) is 0 Å². The number of para-hydroxylation sites is 1. The highest BCUT2D eigenvalue weighted by Gasteiger charge is 2.11. The van der Waals surface area contributed by atoms with E-state index in [-0.39, 0.29) is 0 Å². The average Bonchev–Trinajstić information content (AvgIpc) is 2.81. The number of aromatic nitrogens is 3. The van der Waals surface area contributed by atoms with Crippen LogP contribution in [0.25, 0.3) is 21.5 Å². The van der Waals surface area contributed by atoms with E-state index in [0.717, 1.165) is 21.8 Å². The number of aryl methyl sites for hydroxylation is 2. The first-order chi connectivity index (χ1) is 8.15. The molecule has 2 aromatic heterocycles. The fraction of sp³-hybridized carbons (Fsp3) is 0.167. The zero-order valence-electron chi connectivity index (χ0n) is 9.64. The molecule has 0 saturated heterocycles. The van der Waals surface area contributed by atoms with Gasteiger partial charge in [0, 0.05) is 18.7 Å². The van der Waals surface area contributed by atoms with Gasteiger partial charge in [-0.2, -0.15) is 5.10 Å². The molecule has 0 amide bonds. The van der Waals surface area contributed by atoms with Gasteiger partial charge in [-0.15, -0.1) is 11.3 Å². The Morgan fingerprint density at radius 2 is 2.18 bits per heavy atom. The minimum absolute atomic E-state index is 0.656. The maximum Gasteiger partial charge on any atom is 0.121 e. The molecule has 1 aromatic carbocycles. The SMILES string of the molecule is Cc1nc2c(-c3cc(N)n(C)n3)cccc2s1. The van der Waals surface area contributed by atoms with Crippen molar-refractivity contribution >= 4 is 27.4 Å². The summed E-state index contributed by atoms with van der Waals surface area (Å²) in [5, 5.41) is 5.46. The van der Waals surface area contributed by atoms with Crippen molar-refractivity contribution in [1.82, 2.24) is 14.8 Å². The molecule has 4 nitrogen and oxygen atoms in total. The normalized spacial score (nSPS) is 11.2. The van der Waals surface area contributed by atoms with E-state index in [4.69, 9.17) is 5.73 Å². The van der Waals surface area contributed by atoms with Gasteiger partial charge in [0.25, 0.3) is 0 Å². The van der Waals surface area contributed by atoms with Gasteiger partial charge in [0.05, 0.1) is 20.9 Å².